The maximum atomic E-state index is 13.4. The maximum Gasteiger partial charge on any atom is 0.265 e. The quantitative estimate of drug-likeness (QED) is 0.929. The van der Waals surface area contributed by atoms with Crippen LogP contribution in [0, 0.1) is 5.82 Å². The highest BCUT2D eigenvalue weighted by molar-refractivity contribution is 6.30. The average molecular weight is 294 g/mol. The van der Waals surface area contributed by atoms with Crippen LogP contribution in [-0.4, -0.2) is 12.0 Å². The summed E-state index contributed by atoms with van der Waals surface area (Å²) in [5.41, 5.74) is 0.129. The fraction of sp³-hybridized carbons (Fsp3) is 0.133. The topological polar surface area (TPSA) is 38.3 Å². The summed E-state index contributed by atoms with van der Waals surface area (Å²) < 4.78 is 18.9. The van der Waals surface area contributed by atoms with Crippen molar-refractivity contribution in [2.75, 3.05) is 5.32 Å². The molecule has 1 atom stereocenters. The van der Waals surface area contributed by atoms with E-state index in [9.17, 15) is 9.18 Å². The van der Waals surface area contributed by atoms with Gasteiger partial charge in [-0.1, -0.05) is 23.7 Å². The number of para-hydroxylation sites is 1. The van der Waals surface area contributed by atoms with Gasteiger partial charge in [0.25, 0.3) is 5.91 Å². The fourth-order valence-corrected chi connectivity index (χ4v) is 1.69. The fourth-order valence-electron chi connectivity index (χ4n) is 1.57. The van der Waals surface area contributed by atoms with Gasteiger partial charge < -0.3 is 10.1 Å². The molecule has 0 heterocycles. The van der Waals surface area contributed by atoms with E-state index >= 15 is 0 Å². The Balaban J connectivity index is 1.99. The summed E-state index contributed by atoms with van der Waals surface area (Å²) in [5, 5.41) is 3.06. The van der Waals surface area contributed by atoms with Crippen LogP contribution in [-0.2, 0) is 4.79 Å². The number of rotatable bonds is 4. The molecule has 0 radical (unpaired) electrons. The van der Waals surface area contributed by atoms with Gasteiger partial charge in [0.2, 0.25) is 0 Å². The zero-order chi connectivity index (χ0) is 14.5. The van der Waals surface area contributed by atoms with Gasteiger partial charge in [0.1, 0.15) is 11.6 Å². The Labute approximate surface area is 121 Å². The van der Waals surface area contributed by atoms with Crippen LogP contribution >= 0.6 is 11.6 Å². The third-order valence-corrected chi connectivity index (χ3v) is 2.88. The van der Waals surface area contributed by atoms with Crippen molar-refractivity contribution in [3.05, 3.63) is 59.4 Å². The molecule has 0 saturated heterocycles. The highest BCUT2D eigenvalue weighted by atomic mass is 35.5. The number of hydrogen-bond acceptors (Lipinski definition) is 2. The molecule has 3 nitrogen and oxygen atoms in total. The lowest BCUT2D eigenvalue weighted by atomic mass is 10.3. The van der Waals surface area contributed by atoms with Gasteiger partial charge in [0.05, 0.1) is 5.69 Å². The van der Waals surface area contributed by atoms with Crippen LogP contribution in [0.15, 0.2) is 48.5 Å². The molecule has 20 heavy (non-hydrogen) atoms. The van der Waals surface area contributed by atoms with Crippen LogP contribution < -0.4 is 10.1 Å². The lowest BCUT2D eigenvalue weighted by Crippen LogP contribution is -2.30. The molecule has 104 valence electrons. The predicted octanol–water partition coefficient (Wildman–Crippen LogP) is 3.89. The van der Waals surface area contributed by atoms with Gasteiger partial charge in [0.15, 0.2) is 6.10 Å². The average Bonchev–Trinajstić information content (AvgIpc) is 2.44. The molecule has 0 aliphatic carbocycles. The number of carbonyl (C=O) groups is 1. The SMILES string of the molecule is C[C@@H](Oc1ccc(Cl)cc1)C(=O)Nc1ccccc1F. The van der Waals surface area contributed by atoms with E-state index in [-0.39, 0.29) is 5.69 Å². The van der Waals surface area contributed by atoms with E-state index in [1.807, 2.05) is 0 Å². The molecular formula is C15H13ClFNO2. The molecule has 0 saturated carbocycles. The monoisotopic (exact) mass is 293 g/mol. The number of carbonyl (C=O) groups excluding carboxylic acids is 1. The van der Waals surface area contributed by atoms with Gasteiger partial charge in [-0.05, 0) is 43.3 Å². The van der Waals surface area contributed by atoms with Crippen LogP contribution in [0.2, 0.25) is 5.02 Å². The van der Waals surface area contributed by atoms with Gasteiger partial charge in [-0.2, -0.15) is 0 Å². The summed E-state index contributed by atoms with van der Waals surface area (Å²) in [6, 6.07) is 12.6. The minimum absolute atomic E-state index is 0.129. The molecule has 1 amide bonds. The molecular weight excluding hydrogens is 281 g/mol. The summed E-state index contributed by atoms with van der Waals surface area (Å²) in [5.74, 6) is -0.393. The zero-order valence-electron chi connectivity index (χ0n) is 10.8. The number of amides is 1. The van der Waals surface area contributed by atoms with Crippen molar-refractivity contribution in [3.63, 3.8) is 0 Å². The van der Waals surface area contributed by atoms with Gasteiger partial charge >= 0.3 is 0 Å². The highest BCUT2D eigenvalue weighted by Gasteiger charge is 2.16. The second-order valence-electron chi connectivity index (χ2n) is 4.18. The second kappa shape index (κ2) is 6.39. The number of hydrogen-bond donors (Lipinski definition) is 1. The van der Waals surface area contributed by atoms with E-state index in [4.69, 9.17) is 16.3 Å². The first-order valence-corrected chi connectivity index (χ1v) is 6.41. The smallest absolute Gasteiger partial charge is 0.265 e. The van der Waals surface area contributed by atoms with Crippen molar-refractivity contribution < 1.29 is 13.9 Å². The number of benzene rings is 2. The first kappa shape index (κ1) is 14.3. The van der Waals surface area contributed by atoms with Crippen molar-refractivity contribution >= 4 is 23.2 Å². The summed E-state index contributed by atoms with van der Waals surface area (Å²) >= 11 is 5.76. The molecule has 0 aromatic heterocycles. The van der Waals surface area contributed by atoms with Gasteiger partial charge in [-0.3, -0.25) is 4.79 Å². The third kappa shape index (κ3) is 3.71. The van der Waals surface area contributed by atoms with Crippen molar-refractivity contribution in [2.45, 2.75) is 13.0 Å². The molecule has 1 N–H and O–H groups in total. The highest BCUT2D eigenvalue weighted by Crippen LogP contribution is 2.18. The third-order valence-electron chi connectivity index (χ3n) is 2.63. The molecule has 5 heteroatoms. The molecule has 0 aliphatic heterocycles. The van der Waals surface area contributed by atoms with E-state index in [1.165, 1.54) is 12.1 Å². The molecule has 2 aromatic carbocycles. The first-order valence-electron chi connectivity index (χ1n) is 6.04. The van der Waals surface area contributed by atoms with Crippen LogP contribution in [0.4, 0.5) is 10.1 Å². The van der Waals surface area contributed by atoms with Crippen molar-refractivity contribution in [1.82, 2.24) is 0 Å². The number of ether oxygens (including phenoxy) is 1. The number of halogens is 2. The Bertz CT molecular complexity index is 601. The molecule has 0 unspecified atom stereocenters. The largest absolute Gasteiger partial charge is 0.481 e. The van der Waals surface area contributed by atoms with Crippen molar-refractivity contribution in [3.8, 4) is 5.75 Å². The molecule has 2 aromatic rings. The standard InChI is InChI=1S/C15H13ClFNO2/c1-10(20-12-8-6-11(16)7-9-12)15(19)18-14-5-3-2-4-13(14)17/h2-10H,1H3,(H,18,19)/t10-/m1/s1. The Kier molecular flexibility index (Phi) is 4.58. The Morgan fingerprint density at radius 2 is 1.85 bits per heavy atom. The number of nitrogens with one attached hydrogen (secondary N) is 1. The number of anilines is 1. The molecule has 0 fully saturated rings. The maximum absolute atomic E-state index is 13.4. The predicted molar refractivity (Wildman–Crippen MR) is 76.6 cm³/mol. The summed E-state index contributed by atoms with van der Waals surface area (Å²) in [4.78, 5) is 11.9. The second-order valence-corrected chi connectivity index (χ2v) is 4.62. The Morgan fingerprint density at radius 3 is 2.50 bits per heavy atom. The molecule has 0 spiro atoms. The lowest BCUT2D eigenvalue weighted by Gasteiger charge is -2.15. The lowest BCUT2D eigenvalue weighted by molar-refractivity contribution is -0.122. The Hall–Kier alpha value is -2.07. The normalized spacial score (nSPS) is 11.8. The summed E-state index contributed by atoms with van der Waals surface area (Å²) in [6.45, 7) is 1.59. The minimum atomic E-state index is -0.754. The van der Waals surface area contributed by atoms with Crippen LogP contribution in [0.5, 0.6) is 5.75 Å². The zero-order valence-corrected chi connectivity index (χ0v) is 11.5. The molecule has 0 bridgehead atoms. The van der Waals surface area contributed by atoms with Gasteiger partial charge in [-0.15, -0.1) is 0 Å². The van der Waals surface area contributed by atoms with Gasteiger partial charge in [0, 0.05) is 5.02 Å². The van der Waals surface area contributed by atoms with Crippen molar-refractivity contribution in [2.24, 2.45) is 0 Å². The molecule has 0 aliphatic rings. The Morgan fingerprint density at radius 1 is 1.20 bits per heavy atom. The van der Waals surface area contributed by atoms with Gasteiger partial charge in [-0.25, -0.2) is 4.39 Å². The summed E-state index contributed by atoms with van der Waals surface area (Å²) in [6.07, 6.45) is -0.754. The molecule has 2 rings (SSSR count). The van der Waals surface area contributed by atoms with Crippen LogP contribution in [0.3, 0.4) is 0 Å². The van der Waals surface area contributed by atoms with Crippen LogP contribution in [0.25, 0.3) is 0 Å². The van der Waals surface area contributed by atoms with E-state index in [0.717, 1.165) is 0 Å². The van der Waals surface area contributed by atoms with E-state index < -0.39 is 17.8 Å². The minimum Gasteiger partial charge on any atom is -0.481 e. The van der Waals surface area contributed by atoms with E-state index in [2.05, 4.69) is 5.32 Å². The van der Waals surface area contributed by atoms with E-state index in [1.54, 1.807) is 43.3 Å². The summed E-state index contributed by atoms with van der Waals surface area (Å²) in [7, 11) is 0. The van der Waals surface area contributed by atoms with Crippen molar-refractivity contribution in [1.29, 1.82) is 0 Å². The van der Waals surface area contributed by atoms with E-state index in [0.29, 0.717) is 10.8 Å². The first-order chi connectivity index (χ1) is 9.56. The van der Waals surface area contributed by atoms with Crippen LogP contribution in [0.1, 0.15) is 6.92 Å².